The zero-order valence-corrected chi connectivity index (χ0v) is 21.3. The van der Waals surface area contributed by atoms with Gasteiger partial charge >= 0.3 is 6.09 Å². The Hall–Kier alpha value is -2.22. The van der Waals surface area contributed by atoms with E-state index in [1.54, 1.807) is 25.7 Å². The van der Waals surface area contributed by atoms with Crippen molar-refractivity contribution in [3.05, 3.63) is 35.4 Å². The molecule has 7 nitrogen and oxygen atoms in total. The van der Waals surface area contributed by atoms with Gasteiger partial charge in [0.1, 0.15) is 17.7 Å². The number of ether oxygens (including phenoxy) is 1. The van der Waals surface area contributed by atoms with Crippen molar-refractivity contribution in [2.75, 3.05) is 12.3 Å². The summed E-state index contributed by atoms with van der Waals surface area (Å²) in [6.07, 6.45) is 0.870. The molecule has 0 radical (unpaired) electrons. The van der Waals surface area contributed by atoms with Gasteiger partial charge in [-0.2, -0.15) is 12.6 Å². The first kappa shape index (κ1) is 27.8. The van der Waals surface area contributed by atoms with Crippen LogP contribution in [0.2, 0.25) is 0 Å². The number of nitrogens with one attached hydrogen (secondary N) is 2. The first-order valence-corrected chi connectivity index (χ1v) is 11.8. The van der Waals surface area contributed by atoms with Crippen molar-refractivity contribution in [3.8, 4) is 0 Å². The first-order valence-electron chi connectivity index (χ1n) is 11.2. The second-order valence-electron chi connectivity index (χ2n) is 9.25. The first-order chi connectivity index (χ1) is 14.9. The fourth-order valence-electron chi connectivity index (χ4n) is 3.21. The highest BCUT2D eigenvalue weighted by Gasteiger charge is 2.35. The van der Waals surface area contributed by atoms with Gasteiger partial charge in [-0.3, -0.25) is 9.59 Å². The largest absolute Gasteiger partial charge is 0.444 e. The molecule has 0 aliphatic carbocycles. The predicted molar refractivity (Wildman–Crippen MR) is 131 cm³/mol. The number of benzene rings is 1. The predicted octanol–water partition coefficient (Wildman–Crippen LogP) is 4.01. The molecule has 0 aliphatic rings. The second kappa shape index (κ2) is 12.7. The minimum Gasteiger partial charge on any atom is -0.444 e. The molecule has 2 unspecified atom stereocenters. The molecule has 0 bridgehead atoms. The molecule has 2 N–H and O–H groups in total. The molecule has 0 saturated carbocycles. The molecule has 32 heavy (non-hydrogen) atoms. The third kappa shape index (κ3) is 9.10. The van der Waals surface area contributed by atoms with Gasteiger partial charge in [-0.05, 0) is 53.5 Å². The molecular formula is C24H39N3O4S. The SMILES string of the molecule is CCCCN(C(=O)C(CS)NC(=O)OC(C)(C)C)C(C(=O)NC(C)C)c1cccc(C)c1. The number of aryl methyl sites for hydroxylation is 1. The fraction of sp³-hybridized carbons (Fsp3) is 0.625. The monoisotopic (exact) mass is 465 g/mol. The molecule has 0 aromatic heterocycles. The van der Waals surface area contributed by atoms with Crippen LogP contribution in [0.1, 0.15) is 71.6 Å². The average molecular weight is 466 g/mol. The van der Waals surface area contributed by atoms with Crippen LogP contribution < -0.4 is 10.6 Å². The van der Waals surface area contributed by atoms with Crippen LogP contribution in [0.4, 0.5) is 4.79 Å². The van der Waals surface area contributed by atoms with Gasteiger partial charge in [0.15, 0.2) is 0 Å². The second-order valence-corrected chi connectivity index (χ2v) is 9.61. The van der Waals surface area contributed by atoms with Gasteiger partial charge in [0.2, 0.25) is 11.8 Å². The molecular weight excluding hydrogens is 426 g/mol. The smallest absolute Gasteiger partial charge is 0.408 e. The van der Waals surface area contributed by atoms with Crippen molar-refractivity contribution in [1.82, 2.24) is 15.5 Å². The lowest BCUT2D eigenvalue weighted by Gasteiger charge is -2.34. The molecule has 0 fully saturated rings. The minimum atomic E-state index is -0.927. The number of amides is 3. The quantitative estimate of drug-likeness (QED) is 0.456. The third-order valence-corrected chi connectivity index (χ3v) is 4.92. The van der Waals surface area contributed by atoms with Gasteiger partial charge in [-0.25, -0.2) is 4.79 Å². The Labute approximate surface area is 198 Å². The lowest BCUT2D eigenvalue weighted by Crippen LogP contribution is -2.54. The molecule has 2 atom stereocenters. The molecule has 8 heteroatoms. The highest BCUT2D eigenvalue weighted by Crippen LogP contribution is 2.24. The summed E-state index contributed by atoms with van der Waals surface area (Å²) in [7, 11) is 0. The maximum atomic E-state index is 13.6. The van der Waals surface area contributed by atoms with E-state index < -0.39 is 23.8 Å². The molecule has 0 spiro atoms. The van der Waals surface area contributed by atoms with Gasteiger partial charge in [0, 0.05) is 18.3 Å². The Morgan fingerprint density at radius 1 is 1.16 bits per heavy atom. The molecule has 0 aliphatic heterocycles. The summed E-state index contributed by atoms with van der Waals surface area (Å²) in [5.41, 5.74) is 1.02. The number of nitrogens with zero attached hydrogens (tertiary/aromatic N) is 1. The van der Waals surface area contributed by atoms with Crippen LogP contribution in [0.3, 0.4) is 0 Å². The molecule has 1 rings (SSSR count). The molecule has 1 aromatic rings. The zero-order valence-electron chi connectivity index (χ0n) is 20.4. The van der Waals surface area contributed by atoms with Crippen LogP contribution in [0.5, 0.6) is 0 Å². The Morgan fingerprint density at radius 3 is 2.31 bits per heavy atom. The van der Waals surface area contributed by atoms with Crippen LogP contribution >= 0.6 is 12.6 Å². The summed E-state index contributed by atoms with van der Waals surface area (Å²) in [6, 6.07) is 5.74. The fourth-order valence-corrected chi connectivity index (χ4v) is 3.45. The summed E-state index contributed by atoms with van der Waals surface area (Å²) in [5.74, 6) is -0.553. The van der Waals surface area contributed by atoms with Crippen molar-refractivity contribution >= 4 is 30.5 Å². The zero-order chi connectivity index (χ0) is 24.5. The Bertz CT molecular complexity index is 777. The Balaban J connectivity index is 3.33. The van der Waals surface area contributed by atoms with Crippen LogP contribution in [-0.2, 0) is 14.3 Å². The number of hydrogen-bond donors (Lipinski definition) is 3. The number of carbonyl (C=O) groups excluding carboxylic acids is 3. The normalized spacial score (nSPS) is 13.3. The summed E-state index contributed by atoms with van der Waals surface area (Å²) in [6.45, 7) is 13.4. The van der Waals surface area contributed by atoms with E-state index in [9.17, 15) is 14.4 Å². The molecule has 1 aromatic carbocycles. The van der Waals surface area contributed by atoms with E-state index in [2.05, 4.69) is 23.3 Å². The van der Waals surface area contributed by atoms with Crippen LogP contribution in [0.15, 0.2) is 24.3 Å². The highest BCUT2D eigenvalue weighted by atomic mass is 32.1. The maximum absolute atomic E-state index is 13.6. The van der Waals surface area contributed by atoms with Crippen molar-refractivity contribution in [2.45, 2.75) is 85.0 Å². The Morgan fingerprint density at radius 2 is 1.81 bits per heavy atom. The summed E-state index contributed by atoms with van der Waals surface area (Å²) < 4.78 is 5.31. The van der Waals surface area contributed by atoms with Crippen LogP contribution in [0.25, 0.3) is 0 Å². The highest BCUT2D eigenvalue weighted by molar-refractivity contribution is 7.80. The molecule has 3 amide bonds. The van der Waals surface area contributed by atoms with Crippen molar-refractivity contribution in [2.24, 2.45) is 0 Å². The standard InChI is InChI=1S/C24H39N3O4S/c1-8-9-13-27(22(29)19(15-32)26-23(30)31-24(5,6)7)20(21(28)25-16(2)3)18-12-10-11-17(4)14-18/h10-12,14,16,19-20,32H,8-9,13,15H2,1-7H3,(H,25,28)(H,26,30). The maximum Gasteiger partial charge on any atom is 0.408 e. The summed E-state index contributed by atoms with van der Waals surface area (Å²) >= 11 is 4.29. The van der Waals surface area contributed by atoms with E-state index in [1.807, 2.05) is 52.0 Å². The average Bonchev–Trinajstić information content (AvgIpc) is 2.66. The van der Waals surface area contributed by atoms with E-state index in [4.69, 9.17) is 4.74 Å². The minimum absolute atomic E-state index is 0.0764. The lowest BCUT2D eigenvalue weighted by atomic mass is 10.0. The molecule has 0 heterocycles. The van der Waals surface area contributed by atoms with E-state index in [1.165, 1.54) is 0 Å². The van der Waals surface area contributed by atoms with Gasteiger partial charge in [0.25, 0.3) is 0 Å². The number of thiol groups is 1. The van der Waals surface area contributed by atoms with E-state index in [-0.39, 0.29) is 23.6 Å². The van der Waals surface area contributed by atoms with Crippen molar-refractivity contribution in [1.29, 1.82) is 0 Å². The number of alkyl carbamates (subject to hydrolysis) is 1. The van der Waals surface area contributed by atoms with E-state index in [0.29, 0.717) is 6.54 Å². The topological polar surface area (TPSA) is 87.7 Å². The number of rotatable bonds is 10. The van der Waals surface area contributed by atoms with Crippen LogP contribution in [0, 0.1) is 6.92 Å². The summed E-state index contributed by atoms with van der Waals surface area (Å²) in [5, 5.41) is 5.55. The third-order valence-electron chi connectivity index (χ3n) is 4.56. The summed E-state index contributed by atoms with van der Waals surface area (Å²) in [4.78, 5) is 40.7. The number of carbonyl (C=O) groups is 3. The number of hydrogen-bond acceptors (Lipinski definition) is 5. The number of unbranched alkanes of at least 4 members (excludes halogenated alkanes) is 1. The van der Waals surface area contributed by atoms with Gasteiger partial charge < -0.3 is 20.3 Å². The molecule has 180 valence electrons. The molecule has 0 saturated heterocycles. The van der Waals surface area contributed by atoms with Gasteiger partial charge in [-0.1, -0.05) is 43.2 Å². The van der Waals surface area contributed by atoms with Gasteiger partial charge in [0.05, 0.1) is 0 Å². The van der Waals surface area contributed by atoms with Crippen LogP contribution in [-0.4, -0.2) is 52.8 Å². The van der Waals surface area contributed by atoms with E-state index in [0.717, 1.165) is 24.0 Å². The van der Waals surface area contributed by atoms with Crippen molar-refractivity contribution < 1.29 is 19.1 Å². The van der Waals surface area contributed by atoms with Gasteiger partial charge in [-0.15, -0.1) is 0 Å². The lowest BCUT2D eigenvalue weighted by molar-refractivity contribution is -0.142. The Kier molecular flexibility index (Phi) is 11.1. The van der Waals surface area contributed by atoms with E-state index >= 15 is 0 Å². The van der Waals surface area contributed by atoms with Crippen molar-refractivity contribution in [3.63, 3.8) is 0 Å².